The quantitative estimate of drug-likeness (QED) is 0.874. The van der Waals surface area contributed by atoms with Crippen molar-refractivity contribution in [3.63, 3.8) is 0 Å². The van der Waals surface area contributed by atoms with Crippen LogP contribution in [0.25, 0.3) is 0 Å². The lowest BCUT2D eigenvalue weighted by Gasteiger charge is -2.14. The molecule has 0 saturated carbocycles. The van der Waals surface area contributed by atoms with Crippen molar-refractivity contribution in [1.29, 1.82) is 0 Å². The molecule has 0 heterocycles. The van der Waals surface area contributed by atoms with Gasteiger partial charge in [-0.3, -0.25) is 4.79 Å². The maximum absolute atomic E-state index is 11.5. The van der Waals surface area contributed by atoms with Crippen LogP contribution in [0, 0.1) is 0 Å². The van der Waals surface area contributed by atoms with Crippen LogP contribution in [0.3, 0.4) is 0 Å². The van der Waals surface area contributed by atoms with Crippen LogP contribution in [0.1, 0.15) is 42.4 Å². The van der Waals surface area contributed by atoms with E-state index in [0.29, 0.717) is 17.9 Å². The minimum atomic E-state index is -0.881. The predicted molar refractivity (Wildman–Crippen MR) is 82.7 cm³/mol. The van der Waals surface area contributed by atoms with Crippen LogP contribution < -0.4 is 0 Å². The lowest BCUT2D eigenvalue weighted by atomic mass is 9.91. The summed E-state index contributed by atoms with van der Waals surface area (Å²) < 4.78 is 0. The van der Waals surface area contributed by atoms with Crippen molar-refractivity contribution in [2.24, 2.45) is 0 Å². The normalized spacial score (nSPS) is 12.3. The molecule has 0 saturated heterocycles. The van der Waals surface area contributed by atoms with Gasteiger partial charge in [-0.25, -0.2) is 0 Å². The van der Waals surface area contributed by atoms with Crippen LogP contribution in [0.4, 0.5) is 0 Å². The molecule has 0 spiro atoms. The van der Waals surface area contributed by atoms with Gasteiger partial charge in [0.25, 0.3) is 0 Å². The molecule has 0 aliphatic heterocycles. The molecular formula is C18H20O3. The first kappa shape index (κ1) is 15.1. The van der Waals surface area contributed by atoms with Gasteiger partial charge in [0.2, 0.25) is 0 Å². The number of aliphatic carboxylic acids is 1. The molecule has 0 aromatic heterocycles. The zero-order valence-corrected chi connectivity index (χ0v) is 12.3. The SMILES string of the molecule is CC(C)c1ccc(CC(C(=O)O)c2cccc(O)c2)cc1. The molecule has 1 unspecified atom stereocenters. The molecule has 2 aromatic rings. The minimum absolute atomic E-state index is 0.0916. The largest absolute Gasteiger partial charge is 0.508 e. The first-order chi connectivity index (χ1) is 9.97. The number of aromatic hydroxyl groups is 1. The third-order valence-corrected chi connectivity index (χ3v) is 3.66. The van der Waals surface area contributed by atoms with E-state index in [1.807, 2.05) is 24.3 Å². The lowest BCUT2D eigenvalue weighted by Crippen LogP contribution is -2.14. The minimum Gasteiger partial charge on any atom is -0.508 e. The van der Waals surface area contributed by atoms with Crippen molar-refractivity contribution < 1.29 is 15.0 Å². The summed E-state index contributed by atoms with van der Waals surface area (Å²) in [5.41, 5.74) is 2.84. The summed E-state index contributed by atoms with van der Waals surface area (Å²) in [4.78, 5) is 11.5. The average Bonchev–Trinajstić information content (AvgIpc) is 2.45. The van der Waals surface area contributed by atoms with E-state index in [1.165, 1.54) is 11.6 Å². The fourth-order valence-electron chi connectivity index (χ4n) is 2.36. The third kappa shape index (κ3) is 3.85. The van der Waals surface area contributed by atoms with E-state index in [1.54, 1.807) is 18.2 Å². The number of hydrogen-bond acceptors (Lipinski definition) is 2. The summed E-state index contributed by atoms with van der Waals surface area (Å²) in [6.45, 7) is 4.25. The van der Waals surface area contributed by atoms with E-state index in [0.717, 1.165) is 5.56 Å². The van der Waals surface area contributed by atoms with E-state index >= 15 is 0 Å². The van der Waals surface area contributed by atoms with Gasteiger partial charge in [0.15, 0.2) is 0 Å². The Hall–Kier alpha value is -2.29. The highest BCUT2D eigenvalue weighted by Crippen LogP contribution is 2.25. The Kier molecular flexibility index (Phi) is 4.63. The molecule has 0 fully saturated rings. The molecule has 1 atom stereocenters. The Balaban J connectivity index is 2.22. The number of phenolic OH excluding ortho intramolecular Hbond substituents is 1. The van der Waals surface area contributed by atoms with Crippen molar-refractivity contribution >= 4 is 5.97 Å². The van der Waals surface area contributed by atoms with E-state index in [-0.39, 0.29) is 5.75 Å². The number of carboxylic acids is 1. The molecule has 3 heteroatoms. The Bertz CT molecular complexity index is 615. The number of benzene rings is 2. The number of carboxylic acid groups (broad SMARTS) is 1. The lowest BCUT2D eigenvalue weighted by molar-refractivity contribution is -0.138. The molecule has 21 heavy (non-hydrogen) atoms. The van der Waals surface area contributed by atoms with E-state index in [4.69, 9.17) is 0 Å². The fourth-order valence-corrected chi connectivity index (χ4v) is 2.36. The highest BCUT2D eigenvalue weighted by molar-refractivity contribution is 5.76. The molecule has 3 nitrogen and oxygen atoms in total. The number of hydrogen-bond donors (Lipinski definition) is 2. The topological polar surface area (TPSA) is 57.5 Å². The van der Waals surface area contributed by atoms with Crippen molar-refractivity contribution in [2.75, 3.05) is 0 Å². The molecule has 2 rings (SSSR count). The summed E-state index contributed by atoms with van der Waals surface area (Å²) in [6.07, 6.45) is 0.414. The van der Waals surface area contributed by atoms with Gasteiger partial charge < -0.3 is 10.2 Å². The second kappa shape index (κ2) is 6.44. The van der Waals surface area contributed by atoms with Gasteiger partial charge in [-0.05, 0) is 41.2 Å². The number of phenols is 1. The summed E-state index contributed by atoms with van der Waals surface area (Å²) >= 11 is 0. The molecule has 2 aromatic carbocycles. The van der Waals surface area contributed by atoms with Gasteiger partial charge >= 0.3 is 5.97 Å². The summed E-state index contributed by atoms with van der Waals surface area (Å²) in [6, 6.07) is 14.5. The first-order valence-corrected chi connectivity index (χ1v) is 7.08. The second-order valence-corrected chi connectivity index (χ2v) is 5.59. The molecule has 0 amide bonds. The molecule has 110 valence electrons. The van der Waals surface area contributed by atoms with Crippen molar-refractivity contribution in [2.45, 2.75) is 32.1 Å². The average molecular weight is 284 g/mol. The van der Waals surface area contributed by atoms with Crippen LogP contribution >= 0.6 is 0 Å². The zero-order chi connectivity index (χ0) is 15.4. The van der Waals surface area contributed by atoms with Crippen molar-refractivity contribution in [3.8, 4) is 5.75 Å². The Labute approximate surface area is 124 Å². The summed E-state index contributed by atoms with van der Waals surface area (Å²) in [5.74, 6) is -0.982. The Morgan fingerprint density at radius 3 is 2.24 bits per heavy atom. The predicted octanol–water partition coefficient (Wildman–Crippen LogP) is 3.93. The van der Waals surface area contributed by atoms with Gasteiger partial charge in [0.1, 0.15) is 5.75 Å². The smallest absolute Gasteiger partial charge is 0.311 e. The van der Waals surface area contributed by atoms with Crippen molar-refractivity contribution in [3.05, 3.63) is 65.2 Å². The van der Waals surface area contributed by atoms with Crippen LogP contribution in [0.5, 0.6) is 5.75 Å². The van der Waals surface area contributed by atoms with Gasteiger partial charge in [-0.2, -0.15) is 0 Å². The first-order valence-electron chi connectivity index (χ1n) is 7.08. The molecular weight excluding hydrogens is 264 g/mol. The third-order valence-electron chi connectivity index (χ3n) is 3.66. The van der Waals surface area contributed by atoms with Crippen LogP contribution in [-0.4, -0.2) is 16.2 Å². The molecule has 0 aliphatic rings. The van der Waals surface area contributed by atoms with Gasteiger partial charge in [-0.1, -0.05) is 50.2 Å². The van der Waals surface area contributed by atoms with Crippen LogP contribution in [-0.2, 0) is 11.2 Å². The molecule has 0 aliphatic carbocycles. The number of carbonyl (C=O) groups is 1. The van der Waals surface area contributed by atoms with Gasteiger partial charge in [0.05, 0.1) is 5.92 Å². The summed E-state index contributed by atoms with van der Waals surface area (Å²) in [5, 5.41) is 19.0. The van der Waals surface area contributed by atoms with Crippen LogP contribution in [0.2, 0.25) is 0 Å². The van der Waals surface area contributed by atoms with Crippen LogP contribution in [0.15, 0.2) is 48.5 Å². The number of rotatable bonds is 5. The highest BCUT2D eigenvalue weighted by Gasteiger charge is 2.20. The fraction of sp³-hybridized carbons (Fsp3) is 0.278. The Morgan fingerprint density at radius 1 is 1.05 bits per heavy atom. The van der Waals surface area contributed by atoms with Gasteiger partial charge in [0, 0.05) is 0 Å². The van der Waals surface area contributed by atoms with Crippen molar-refractivity contribution in [1.82, 2.24) is 0 Å². The second-order valence-electron chi connectivity index (χ2n) is 5.59. The molecule has 0 radical (unpaired) electrons. The monoisotopic (exact) mass is 284 g/mol. The maximum Gasteiger partial charge on any atom is 0.311 e. The highest BCUT2D eigenvalue weighted by atomic mass is 16.4. The van der Waals surface area contributed by atoms with Gasteiger partial charge in [-0.15, -0.1) is 0 Å². The van der Waals surface area contributed by atoms with E-state index < -0.39 is 11.9 Å². The summed E-state index contributed by atoms with van der Waals surface area (Å²) in [7, 11) is 0. The molecule has 0 bridgehead atoms. The van der Waals surface area contributed by atoms with E-state index in [9.17, 15) is 15.0 Å². The molecule has 2 N–H and O–H groups in total. The zero-order valence-electron chi connectivity index (χ0n) is 12.3. The maximum atomic E-state index is 11.5. The van der Waals surface area contributed by atoms with E-state index in [2.05, 4.69) is 13.8 Å². The Morgan fingerprint density at radius 2 is 1.71 bits per heavy atom. The standard InChI is InChI=1S/C18H20O3/c1-12(2)14-8-6-13(7-9-14)10-17(18(20)21)15-4-3-5-16(19)11-15/h3-9,11-12,17,19H,10H2,1-2H3,(H,20,21).